The molecular weight excluding hydrogens is 372 g/mol. The third-order valence-electron chi connectivity index (χ3n) is 3.51. The van der Waals surface area contributed by atoms with Crippen molar-refractivity contribution in [3.05, 3.63) is 64.6 Å². The fraction of sp³-hybridized carbons (Fsp3) is 0.0556. The number of thioether (sulfide) groups is 1. The molecule has 0 atom stereocenters. The van der Waals surface area contributed by atoms with Crippen LogP contribution in [0.25, 0.3) is 6.08 Å². The molecule has 1 fully saturated rings. The molecule has 132 valence electrons. The van der Waals surface area contributed by atoms with Crippen molar-refractivity contribution in [3.63, 3.8) is 0 Å². The summed E-state index contributed by atoms with van der Waals surface area (Å²) in [4.78, 5) is 25.2. The summed E-state index contributed by atoms with van der Waals surface area (Å²) in [6.07, 6.45) is 1.68. The highest BCUT2D eigenvalue weighted by Gasteiger charge is 2.33. The van der Waals surface area contributed by atoms with Gasteiger partial charge in [0.1, 0.15) is 11.5 Å². The number of rotatable bonds is 4. The first-order chi connectivity index (χ1) is 12.5. The van der Waals surface area contributed by atoms with Gasteiger partial charge < -0.3 is 9.84 Å². The SMILES string of the molecule is COc1cccc(C=C2SC(=S)N(NC(=O)c3cccc(O)c3)C2=O)c1. The molecule has 0 aliphatic carbocycles. The lowest BCUT2D eigenvalue weighted by Crippen LogP contribution is -2.44. The van der Waals surface area contributed by atoms with Gasteiger partial charge in [-0.2, -0.15) is 5.01 Å². The van der Waals surface area contributed by atoms with Gasteiger partial charge in [0, 0.05) is 5.56 Å². The molecule has 1 aliphatic heterocycles. The lowest BCUT2D eigenvalue weighted by Gasteiger charge is -2.15. The average molecular weight is 386 g/mol. The number of nitrogens with one attached hydrogen (secondary N) is 1. The Balaban J connectivity index is 1.78. The summed E-state index contributed by atoms with van der Waals surface area (Å²) in [5, 5.41) is 10.5. The fourth-order valence-electron chi connectivity index (χ4n) is 2.26. The summed E-state index contributed by atoms with van der Waals surface area (Å²) in [5.41, 5.74) is 3.47. The van der Waals surface area contributed by atoms with Crippen molar-refractivity contribution in [3.8, 4) is 11.5 Å². The number of phenols is 1. The number of nitrogens with zero attached hydrogens (tertiary/aromatic N) is 1. The first-order valence-corrected chi connectivity index (χ1v) is 8.72. The number of hydrogen-bond donors (Lipinski definition) is 2. The zero-order chi connectivity index (χ0) is 18.7. The number of ether oxygens (including phenoxy) is 1. The Bertz CT molecular complexity index is 927. The number of hydrazine groups is 1. The summed E-state index contributed by atoms with van der Waals surface area (Å²) in [6, 6.07) is 13.1. The van der Waals surface area contributed by atoms with E-state index >= 15 is 0 Å². The molecule has 6 nitrogen and oxygen atoms in total. The van der Waals surface area contributed by atoms with Gasteiger partial charge >= 0.3 is 0 Å². The van der Waals surface area contributed by atoms with E-state index in [1.165, 1.54) is 24.3 Å². The maximum atomic E-state index is 12.6. The number of hydrogen-bond acceptors (Lipinski definition) is 6. The van der Waals surface area contributed by atoms with Gasteiger partial charge in [0.2, 0.25) is 0 Å². The molecule has 1 heterocycles. The van der Waals surface area contributed by atoms with Gasteiger partial charge in [0.15, 0.2) is 4.32 Å². The molecule has 0 aromatic heterocycles. The minimum atomic E-state index is -0.542. The van der Waals surface area contributed by atoms with Crippen LogP contribution < -0.4 is 10.2 Å². The van der Waals surface area contributed by atoms with Crippen LogP contribution in [0.1, 0.15) is 15.9 Å². The number of methoxy groups -OCH3 is 1. The highest BCUT2D eigenvalue weighted by molar-refractivity contribution is 8.26. The first kappa shape index (κ1) is 18.0. The zero-order valence-electron chi connectivity index (χ0n) is 13.6. The molecule has 0 radical (unpaired) electrons. The molecule has 0 saturated carbocycles. The highest BCUT2D eigenvalue weighted by Crippen LogP contribution is 2.32. The second-order valence-electron chi connectivity index (χ2n) is 5.28. The number of phenolic OH excluding ortho intramolecular Hbond substituents is 1. The van der Waals surface area contributed by atoms with E-state index in [4.69, 9.17) is 17.0 Å². The van der Waals surface area contributed by atoms with Gasteiger partial charge in [-0.25, -0.2) is 0 Å². The molecule has 2 amide bonds. The van der Waals surface area contributed by atoms with Gasteiger partial charge in [-0.15, -0.1) is 0 Å². The second-order valence-corrected chi connectivity index (χ2v) is 6.96. The lowest BCUT2D eigenvalue weighted by molar-refractivity contribution is -0.123. The van der Waals surface area contributed by atoms with Gasteiger partial charge in [-0.1, -0.05) is 30.0 Å². The van der Waals surface area contributed by atoms with Gasteiger partial charge in [-0.05, 0) is 54.2 Å². The van der Waals surface area contributed by atoms with Crippen molar-refractivity contribution in [1.82, 2.24) is 10.4 Å². The Labute approximate surface area is 159 Å². The zero-order valence-corrected chi connectivity index (χ0v) is 15.3. The van der Waals surface area contributed by atoms with Crippen LogP contribution in [0.15, 0.2) is 53.4 Å². The molecule has 26 heavy (non-hydrogen) atoms. The fourth-order valence-corrected chi connectivity index (χ4v) is 3.44. The molecule has 0 bridgehead atoms. The summed E-state index contributed by atoms with van der Waals surface area (Å²) in [7, 11) is 1.56. The minimum absolute atomic E-state index is 0.0408. The molecule has 3 rings (SSSR count). The molecule has 8 heteroatoms. The Morgan fingerprint density at radius 3 is 2.77 bits per heavy atom. The normalized spacial score (nSPS) is 15.4. The topological polar surface area (TPSA) is 78.9 Å². The smallest absolute Gasteiger partial charge is 0.285 e. The first-order valence-electron chi connectivity index (χ1n) is 7.50. The molecule has 1 saturated heterocycles. The maximum absolute atomic E-state index is 12.6. The molecular formula is C18H14N2O4S2. The van der Waals surface area contributed by atoms with Gasteiger partial charge in [-0.3, -0.25) is 15.0 Å². The van der Waals surface area contributed by atoms with Crippen molar-refractivity contribution in [2.75, 3.05) is 7.11 Å². The standard InChI is InChI=1S/C18H14N2O4S2/c1-24-14-7-2-4-11(8-14)9-15-17(23)20(18(25)26-15)19-16(22)12-5-3-6-13(21)10-12/h2-10,21H,1H3,(H,19,22). The predicted molar refractivity (Wildman–Crippen MR) is 104 cm³/mol. The summed E-state index contributed by atoms with van der Waals surface area (Å²) >= 11 is 6.29. The summed E-state index contributed by atoms with van der Waals surface area (Å²) < 4.78 is 5.39. The number of carbonyl (C=O) groups excluding carboxylic acids is 2. The van der Waals surface area contributed by atoms with Crippen molar-refractivity contribution in [1.29, 1.82) is 0 Å². The molecule has 1 aliphatic rings. The molecule has 0 unspecified atom stereocenters. The lowest BCUT2D eigenvalue weighted by atomic mass is 10.2. The van der Waals surface area contributed by atoms with E-state index in [1.54, 1.807) is 25.3 Å². The van der Waals surface area contributed by atoms with Crippen molar-refractivity contribution < 1.29 is 19.4 Å². The Hall–Kier alpha value is -2.84. The van der Waals surface area contributed by atoms with Crippen LogP contribution in [0.5, 0.6) is 11.5 Å². The minimum Gasteiger partial charge on any atom is -0.508 e. The summed E-state index contributed by atoms with van der Waals surface area (Å²) in [5.74, 6) is -0.330. The Morgan fingerprint density at radius 1 is 1.27 bits per heavy atom. The van der Waals surface area contributed by atoms with E-state index in [9.17, 15) is 14.7 Å². The maximum Gasteiger partial charge on any atom is 0.285 e. The van der Waals surface area contributed by atoms with Crippen molar-refractivity contribution in [2.45, 2.75) is 0 Å². The monoisotopic (exact) mass is 386 g/mol. The van der Waals surface area contributed by atoms with Crippen LogP contribution in [0.4, 0.5) is 0 Å². The second kappa shape index (κ2) is 7.59. The van der Waals surface area contributed by atoms with Crippen LogP contribution in [0.2, 0.25) is 0 Å². The van der Waals surface area contributed by atoms with E-state index in [-0.39, 0.29) is 15.6 Å². The van der Waals surface area contributed by atoms with Gasteiger partial charge in [0.25, 0.3) is 11.8 Å². The van der Waals surface area contributed by atoms with E-state index < -0.39 is 11.8 Å². The molecule has 2 aromatic carbocycles. The predicted octanol–water partition coefficient (Wildman–Crippen LogP) is 2.95. The van der Waals surface area contributed by atoms with Crippen LogP contribution in [-0.4, -0.2) is 33.4 Å². The number of benzene rings is 2. The number of carbonyl (C=O) groups is 2. The Morgan fingerprint density at radius 2 is 2.04 bits per heavy atom. The van der Waals surface area contributed by atoms with E-state index in [0.29, 0.717) is 10.7 Å². The number of amides is 2. The average Bonchev–Trinajstić information content (AvgIpc) is 2.89. The number of thiocarbonyl (C=S) groups is 1. The largest absolute Gasteiger partial charge is 0.508 e. The van der Waals surface area contributed by atoms with Crippen LogP contribution in [0, 0.1) is 0 Å². The highest BCUT2D eigenvalue weighted by atomic mass is 32.2. The molecule has 2 N–H and O–H groups in total. The van der Waals surface area contributed by atoms with Crippen molar-refractivity contribution in [2.24, 2.45) is 0 Å². The van der Waals surface area contributed by atoms with Crippen LogP contribution >= 0.6 is 24.0 Å². The van der Waals surface area contributed by atoms with Crippen LogP contribution in [0.3, 0.4) is 0 Å². The number of aromatic hydroxyl groups is 1. The van der Waals surface area contributed by atoms with Gasteiger partial charge in [0.05, 0.1) is 12.0 Å². The quantitative estimate of drug-likeness (QED) is 0.621. The van der Waals surface area contributed by atoms with E-state index in [2.05, 4.69) is 5.43 Å². The summed E-state index contributed by atoms with van der Waals surface area (Å²) in [6.45, 7) is 0. The third-order valence-corrected chi connectivity index (χ3v) is 4.81. The molecule has 2 aromatic rings. The molecule has 0 spiro atoms. The van der Waals surface area contributed by atoms with E-state index in [0.717, 1.165) is 22.3 Å². The van der Waals surface area contributed by atoms with E-state index in [1.807, 2.05) is 12.1 Å². The van der Waals surface area contributed by atoms with Crippen LogP contribution in [-0.2, 0) is 4.79 Å². The Kier molecular flexibility index (Phi) is 5.24. The third kappa shape index (κ3) is 3.87. The van der Waals surface area contributed by atoms with Crippen molar-refractivity contribution >= 4 is 46.2 Å².